The Morgan fingerprint density at radius 1 is 1.21 bits per heavy atom. The fourth-order valence-corrected chi connectivity index (χ4v) is 4.39. The Labute approximate surface area is 166 Å². The predicted molar refractivity (Wildman–Crippen MR) is 95.4 cm³/mol. The van der Waals surface area contributed by atoms with E-state index in [0.717, 1.165) is 18.7 Å². The molecule has 0 saturated carbocycles. The summed E-state index contributed by atoms with van der Waals surface area (Å²) in [5.41, 5.74) is -0.606. The van der Waals surface area contributed by atoms with Gasteiger partial charge in [-0.15, -0.1) is 0 Å². The third kappa shape index (κ3) is 3.36. The largest absolute Gasteiger partial charge is 0.472 e. The summed E-state index contributed by atoms with van der Waals surface area (Å²) in [6, 6.07) is 6.13. The van der Waals surface area contributed by atoms with Crippen LogP contribution in [0.5, 0.6) is 5.88 Å². The van der Waals surface area contributed by atoms with Gasteiger partial charge in [0.2, 0.25) is 5.88 Å². The van der Waals surface area contributed by atoms with Crippen molar-refractivity contribution in [2.45, 2.75) is 43.6 Å². The van der Waals surface area contributed by atoms with Crippen LogP contribution in [-0.4, -0.2) is 34.0 Å². The Kier molecular flexibility index (Phi) is 4.81. The number of ether oxygens (including phenoxy) is 1. The lowest BCUT2D eigenvalue weighted by molar-refractivity contribution is -0.137. The van der Waals surface area contributed by atoms with Crippen LogP contribution in [0.4, 0.5) is 17.6 Å². The van der Waals surface area contributed by atoms with Crippen molar-refractivity contribution in [3.63, 3.8) is 0 Å². The number of nitrogens with zero attached hydrogens (tertiary/aromatic N) is 2. The van der Waals surface area contributed by atoms with Crippen molar-refractivity contribution in [3.8, 4) is 5.88 Å². The van der Waals surface area contributed by atoms with Crippen LogP contribution in [0, 0.1) is 5.82 Å². The van der Waals surface area contributed by atoms with Gasteiger partial charge in [-0.25, -0.2) is 9.37 Å². The zero-order valence-corrected chi connectivity index (χ0v) is 16.0. The first-order valence-electron chi connectivity index (χ1n) is 8.72. The van der Waals surface area contributed by atoms with Crippen LogP contribution in [0.1, 0.15) is 35.2 Å². The molecule has 2 fully saturated rings. The molecule has 2 saturated heterocycles. The molecule has 9 heteroatoms. The van der Waals surface area contributed by atoms with Crippen LogP contribution in [0.2, 0.25) is 0 Å². The summed E-state index contributed by atoms with van der Waals surface area (Å²) < 4.78 is 57.7. The number of hydrogen-bond acceptors (Lipinski definition) is 3. The SMILES string of the molecule is O=C(c1cccc(F)c1Br)N1[C@@H]2CC[C@H]1[C@H](Oc1ccc(C(F)(F)F)cn1)C2. The highest BCUT2D eigenvalue weighted by Crippen LogP contribution is 2.41. The number of carbonyl (C=O) groups is 1. The lowest BCUT2D eigenvalue weighted by Crippen LogP contribution is -2.39. The third-order valence-corrected chi connectivity index (χ3v) is 6.04. The van der Waals surface area contributed by atoms with E-state index in [4.69, 9.17) is 4.74 Å². The molecule has 0 unspecified atom stereocenters. The molecular weight excluding hydrogens is 444 g/mol. The van der Waals surface area contributed by atoms with Crippen molar-refractivity contribution < 1.29 is 27.1 Å². The number of pyridine rings is 1. The summed E-state index contributed by atoms with van der Waals surface area (Å²) in [6.45, 7) is 0. The molecule has 0 aliphatic carbocycles. The smallest absolute Gasteiger partial charge is 0.417 e. The molecule has 28 heavy (non-hydrogen) atoms. The molecule has 1 aromatic heterocycles. The van der Waals surface area contributed by atoms with E-state index in [1.54, 1.807) is 11.0 Å². The molecule has 2 aliphatic heterocycles. The molecule has 4 rings (SSSR count). The Hall–Kier alpha value is -2.16. The lowest BCUT2D eigenvalue weighted by atomic mass is 9.98. The fourth-order valence-electron chi connectivity index (χ4n) is 3.96. The van der Waals surface area contributed by atoms with Gasteiger partial charge < -0.3 is 9.64 Å². The van der Waals surface area contributed by atoms with E-state index >= 15 is 0 Å². The molecule has 2 bridgehead atoms. The highest BCUT2D eigenvalue weighted by atomic mass is 79.9. The minimum absolute atomic E-state index is 0.0490. The Morgan fingerprint density at radius 2 is 2.00 bits per heavy atom. The van der Waals surface area contributed by atoms with Gasteiger partial charge in [0.25, 0.3) is 5.91 Å². The van der Waals surface area contributed by atoms with E-state index in [2.05, 4.69) is 20.9 Å². The average molecular weight is 459 g/mol. The minimum atomic E-state index is -4.46. The number of benzene rings is 1. The zero-order valence-electron chi connectivity index (χ0n) is 14.4. The highest BCUT2D eigenvalue weighted by Gasteiger charge is 2.50. The van der Waals surface area contributed by atoms with Gasteiger partial charge in [0.15, 0.2) is 0 Å². The molecule has 3 atom stereocenters. The van der Waals surface area contributed by atoms with Crippen LogP contribution < -0.4 is 4.74 Å². The van der Waals surface area contributed by atoms with Crippen molar-refractivity contribution in [2.24, 2.45) is 0 Å². The monoisotopic (exact) mass is 458 g/mol. The first-order chi connectivity index (χ1) is 13.3. The van der Waals surface area contributed by atoms with Crippen LogP contribution in [0.3, 0.4) is 0 Å². The van der Waals surface area contributed by atoms with Crippen LogP contribution >= 0.6 is 15.9 Å². The van der Waals surface area contributed by atoms with E-state index in [1.807, 2.05) is 0 Å². The topological polar surface area (TPSA) is 42.4 Å². The summed E-state index contributed by atoms with van der Waals surface area (Å²) in [5.74, 6) is -0.714. The molecule has 0 N–H and O–H groups in total. The van der Waals surface area contributed by atoms with Gasteiger partial charge in [-0.1, -0.05) is 6.07 Å². The van der Waals surface area contributed by atoms with Crippen LogP contribution in [-0.2, 0) is 6.18 Å². The number of aromatic nitrogens is 1. The number of amides is 1. The molecule has 3 heterocycles. The normalized spacial score (nSPS) is 23.9. The van der Waals surface area contributed by atoms with Gasteiger partial charge >= 0.3 is 6.18 Å². The average Bonchev–Trinajstić information content (AvgIpc) is 3.21. The minimum Gasteiger partial charge on any atom is -0.472 e. The number of halogens is 5. The second-order valence-electron chi connectivity index (χ2n) is 6.89. The van der Waals surface area contributed by atoms with Gasteiger partial charge in [-0.2, -0.15) is 13.2 Å². The maximum Gasteiger partial charge on any atom is 0.417 e. The fraction of sp³-hybridized carbons (Fsp3) is 0.368. The molecule has 0 radical (unpaired) electrons. The van der Waals surface area contributed by atoms with E-state index in [9.17, 15) is 22.4 Å². The van der Waals surface area contributed by atoms with Crippen LogP contribution in [0.25, 0.3) is 0 Å². The van der Waals surface area contributed by atoms with Gasteiger partial charge in [0, 0.05) is 24.7 Å². The molecule has 1 amide bonds. The van der Waals surface area contributed by atoms with E-state index in [-0.39, 0.29) is 40.0 Å². The van der Waals surface area contributed by atoms with Crippen molar-refractivity contribution in [1.82, 2.24) is 9.88 Å². The van der Waals surface area contributed by atoms with E-state index in [1.165, 1.54) is 18.2 Å². The number of carbonyl (C=O) groups excluding carboxylic acids is 1. The molecular formula is C19H15BrF4N2O2. The quantitative estimate of drug-likeness (QED) is 0.618. The maximum atomic E-state index is 13.8. The summed E-state index contributed by atoms with van der Waals surface area (Å²) in [5, 5.41) is 0. The maximum absolute atomic E-state index is 13.8. The molecule has 2 aromatic rings. The standard InChI is InChI=1S/C19H15BrF4N2O2/c20-17-12(2-1-3-13(17)21)18(27)26-11-5-6-14(26)15(8-11)28-16-7-4-10(9-25-16)19(22,23)24/h1-4,7,9,11,14-15H,5-6,8H2/t11-,14+,15-/m1/s1. The van der Waals surface area contributed by atoms with E-state index < -0.39 is 17.6 Å². The second-order valence-corrected chi connectivity index (χ2v) is 7.68. The Morgan fingerprint density at radius 3 is 2.68 bits per heavy atom. The van der Waals surface area contributed by atoms with Crippen molar-refractivity contribution >= 4 is 21.8 Å². The van der Waals surface area contributed by atoms with Crippen LogP contribution in [0.15, 0.2) is 41.0 Å². The summed E-state index contributed by atoms with van der Waals surface area (Å²) >= 11 is 3.12. The number of hydrogen-bond donors (Lipinski definition) is 0. The number of rotatable bonds is 3. The predicted octanol–water partition coefficient (Wildman–Crippen LogP) is 4.83. The van der Waals surface area contributed by atoms with Crippen molar-refractivity contribution in [3.05, 3.63) is 57.9 Å². The highest BCUT2D eigenvalue weighted by molar-refractivity contribution is 9.10. The lowest BCUT2D eigenvalue weighted by Gasteiger charge is -2.25. The Bertz CT molecular complexity index is 904. The van der Waals surface area contributed by atoms with Gasteiger partial charge in [-0.3, -0.25) is 4.79 Å². The van der Waals surface area contributed by atoms with Gasteiger partial charge in [0.1, 0.15) is 11.9 Å². The number of alkyl halides is 3. The number of fused-ring (bicyclic) bond motifs is 2. The second kappa shape index (κ2) is 7.02. The Balaban J connectivity index is 1.51. The molecule has 0 spiro atoms. The van der Waals surface area contributed by atoms with Gasteiger partial charge in [-0.05, 0) is 47.0 Å². The molecule has 2 aliphatic rings. The summed E-state index contributed by atoms with van der Waals surface area (Å²) in [6.07, 6.45) is -2.00. The molecule has 1 aromatic carbocycles. The van der Waals surface area contributed by atoms with Crippen molar-refractivity contribution in [1.29, 1.82) is 0 Å². The zero-order chi connectivity index (χ0) is 20.1. The molecule has 148 valence electrons. The van der Waals surface area contributed by atoms with Crippen molar-refractivity contribution in [2.75, 3.05) is 0 Å². The van der Waals surface area contributed by atoms with Gasteiger partial charge in [0.05, 0.1) is 21.6 Å². The molecule has 4 nitrogen and oxygen atoms in total. The summed E-state index contributed by atoms with van der Waals surface area (Å²) in [4.78, 5) is 18.4. The van der Waals surface area contributed by atoms with E-state index in [0.29, 0.717) is 12.8 Å². The summed E-state index contributed by atoms with van der Waals surface area (Å²) in [7, 11) is 0. The first-order valence-corrected chi connectivity index (χ1v) is 9.51. The first kappa shape index (κ1) is 19.2. The third-order valence-electron chi connectivity index (χ3n) is 5.23.